The molecule has 0 spiro atoms. The summed E-state index contributed by atoms with van der Waals surface area (Å²) in [5, 5.41) is 0.644. The van der Waals surface area contributed by atoms with Crippen LogP contribution in [0.5, 0.6) is 5.75 Å². The Bertz CT molecular complexity index is 1190. The van der Waals surface area contributed by atoms with Crippen LogP contribution < -0.4 is 4.74 Å². The van der Waals surface area contributed by atoms with E-state index < -0.39 is 5.41 Å². The summed E-state index contributed by atoms with van der Waals surface area (Å²) >= 11 is 6.06. The lowest BCUT2D eigenvalue weighted by atomic mass is 9.76. The first-order valence-electron chi connectivity index (χ1n) is 13.4. The zero-order valence-corrected chi connectivity index (χ0v) is 23.1. The van der Waals surface area contributed by atoms with Crippen molar-refractivity contribution in [2.45, 2.75) is 45.1 Å². The number of rotatable bonds is 10. The molecule has 1 saturated heterocycles. The predicted molar refractivity (Wildman–Crippen MR) is 152 cm³/mol. The fourth-order valence-corrected chi connectivity index (χ4v) is 5.46. The van der Waals surface area contributed by atoms with Crippen LogP contribution in [0, 0.1) is 5.41 Å². The summed E-state index contributed by atoms with van der Waals surface area (Å²) in [5.41, 5.74) is 1.64. The van der Waals surface area contributed by atoms with Gasteiger partial charge in [0, 0.05) is 43.5 Å². The molecule has 0 aromatic heterocycles. The number of carbonyl (C=O) groups excluding carboxylic acids is 2. The molecule has 3 aromatic rings. The van der Waals surface area contributed by atoms with Crippen LogP contribution in [-0.2, 0) is 16.1 Å². The maximum absolute atomic E-state index is 13.8. The van der Waals surface area contributed by atoms with Gasteiger partial charge in [0.2, 0.25) is 11.8 Å². The number of ether oxygens (including phenoxy) is 1. The van der Waals surface area contributed by atoms with Crippen molar-refractivity contribution in [3.05, 3.63) is 101 Å². The molecule has 2 atom stereocenters. The fraction of sp³-hybridized carbons (Fsp3) is 0.375. The van der Waals surface area contributed by atoms with Gasteiger partial charge in [-0.1, -0.05) is 79.2 Å². The third-order valence-electron chi connectivity index (χ3n) is 7.45. The highest BCUT2D eigenvalue weighted by Crippen LogP contribution is 2.37. The molecule has 3 aromatic carbocycles. The van der Waals surface area contributed by atoms with Crippen LogP contribution in [0.3, 0.4) is 0 Å². The summed E-state index contributed by atoms with van der Waals surface area (Å²) in [6.07, 6.45) is 2.69. The molecule has 0 saturated carbocycles. The lowest BCUT2D eigenvalue weighted by Gasteiger charge is -2.43. The minimum Gasteiger partial charge on any atom is -0.493 e. The maximum Gasteiger partial charge on any atom is 0.230 e. The predicted octanol–water partition coefficient (Wildman–Crippen LogP) is 6.57. The molecule has 5 nitrogen and oxygen atoms in total. The third-order valence-corrected chi connectivity index (χ3v) is 7.71. The van der Waals surface area contributed by atoms with Crippen molar-refractivity contribution in [1.82, 2.24) is 9.80 Å². The highest BCUT2D eigenvalue weighted by Gasteiger charge is 2.41. The molecule has 1 heterocycles. The Morgan fingerprint density at radius 1 is 1.00 bits per heavy atom. The van der Waals surface area contributed by atoms with Crippen LogP contribution in [0.4, 0.5) is 0 Å². The van der Waals surface area contributed by atoms with Crippen LogP contribution in [0.25, 0.3) is 0 Å². The minimum atomic E-state index is -0.482. The Morgan fingerprint density at radius 3 is 2.32 bits per heavy atom. The van der Waals surface area contributed by atoms with E-state index in [-0.39, 0.29) is 17.7 Å². The van der Waals surface area contributed by atoms with Crippen molar-refractivity contribution in [3.63, 3.8) is 0 Å². The lowest BCUT2D eigenvalue weighted by molar-refractivity contribution is -0.142. The van der Waals surface area contributed by atoms with Crippen molar-refractivity contribution in [3.8, 4) is 5.75 Å². The Balaban J connectivity index is 1.53. The number of hydrogen-bond donors (Lipinski definition) is 0. The first kappa shape index (κ1) is 27.7. The Morgan fingerprint density at radius 2 is 1.66 bits per heavy atom. The molecule has 0 aliphatic carbocycles. The number of amides is 2. The topological polar surface area (TPSA) is 49.9 Å². The van der Waals surface area contributed by atoms with E-state index >= 15 is 0 Å². The number of piperidine rings is 1. The van der Waals surface area contributed by atoms with Crippen molar-refractivity contribution >= 4 is 23.4 Å². The van der Waals surface area contributed by atoms with Crippen LogP contribution in [-0.4, -0.2) is 48.4 Å². The summed E-state index contributed by atoms with van der Waals surface area (Å²) in [7, 11) is 1.84. The van der Waals surface area contributed by atoms with Crippen molar-refractivity contribution in [2.24, 2.45) is 5.41 Å². The van der Waals surface area contributed by atoms with E-state index in [9.17, 15) is 9.59 Å². The van der Waals surface area contributed by atoms with Gasteiger partial charge in [0.05, 0.1) is 12.5 Å². The van der Waals surface area contributed by atoms with Gasteiger partial charge < -0.3 is 14.5 Å². The van der Waals surface area contributed by atoms with E-state index in [1.165, 1.54) is 0 Å². The van der Waals surface area contributed by atoms with Gasteiger partial charge in [0.1, 0.15) is 5.75 Å². The second-order valence-electron chi connectivity index (χ2n) is 10.4. The zero-order chi connectivity index (χ0) is 27.0. The second kappa shape index (κ2) is 13.0. The van der Waals surface area contributed by atoms with Crippen molar-refractivity contribution in [1.29, 1.82) is 0 Å². The smallest absolute Gasteiger partial charge is 0.230 e. The summed E-state index contributed by atoms with van der Waals surface area (Å²) < 4.78 is 6.23. The number of hydrogen-bond acceptors (Lipinski definition) is 3. The summed E-state index contributed by atoms with van der Waals surface area (Å²) in [5.74, 6) is 0.691. The van der Waals surface area contributed by atoms with E-state index in [1.54, 1.807) is 17.0 Å². The average molecular weight is 533 g/mol. The minimum absolute atomic E-state index is 0.0537. The normalized spacial score (nSPS) is 18.0. The molecule has 1 fully saturated rings. The van der Waals surface area contributed by atoms with Crippen molar-refractivity contribution < 1.29 is 14.3 Å². The van der Waals surface area contributed by atoms with Gasteiger partial charge in [-0.3, -0.25) is 9.59 Å². The molecule has 200 valence electrons. The van der Waals surface area contributed by atoms with Crippen LogP contribution in [0.15, 0.2) is 84.9 Å². The Hall–Kier alpha value is -3.31. The standard InChI is InChI=1S/C32H37ClN2O3/c1-3-29(26-13-8-5-9-14-26)31(37)35-20-10-19-32(23-35,24-38-28-17-15-27(33)16-18-28)21-30(36)34(2)22-25-11-6-4-7-12-25/h4-9,11-18,29H,3,10,19-24H2,1-2H3/t29-,32+/m0/s1. The average Bonchev–Trinajstić information content (AvgIpc) is 2.94. The third kappa shape index (κ3) is 7.16. The van der Waals surface area contributed by atoms with Gasteiger partial charge >= 0.3 is 0 Å². The number of benzene rings is 3. The van der Waals surface area contributed by atoms with E-state index in [2.05, 4.69) is 6.92 Å². The maximum atomic E-state index is 13.8. The molecule has 4 rings (SSSR count). The Kier molecular flexibility index (Phi) is 9.46. The monoisotopic (exact) mass is 532 g/mol. The Labute approximate surface area is 231 Å². The zero-order valence-electron chi connectivity index (χ0n) is 22.3. The molecular formula is C32H37ClN2O3. The molecule has 1 aliphatic rings. The van der Waals surface area contributed by atoms with Gasteiger partial charge in [-0.25, -0.2) is 0 Å². The summed E-state index contributed by atoms with van der Waals surface area (Å²) in [4.78, 5) is 31.0. The molecule has 6 heteroatoms. The molecule has 1 aliphatic heterocycles. The second-order valence-corrected chi connectivity index (χ2v) is 10.8. The molecule has 0 N–H and O–H groups in total. The largest absolute Gasteiger partial charge is 0.493 e. The molecule has 0 bridgehead atoms. The van der Waals surface area contributed by atoms with E-state index in [4.69, 9.17) is 16.3 Å². The molecule has 38 heavy (non-hydrogen) atoms. The highest BCUT2D eigenvalue weighted by molar-refractivity contribution is 6.30. The quantitative estimate of drug-likeness (QED) is 0.297. The van der Waals surface area contributed by atoms with Crippen LogP contribution >= 0.6 is 11.6 Å². The van der Waals surface area contributed by atoms with Gasteiger partial charge in [0.15, 0.2) is 0 Å². The van der Waals surface area contributed by atoms with Gasteiger partial charge in [-0.15, -0.1) is 0 Å². The van der Waals surface area contributed by atoms with Gasteiger partial charge in [0.25, 0.3) is 0 Å². The van der Waals surface area contributed by atoms with Crippen molar-refractivity contribution in [2.75, 3.05) is 26.7 Å². The fourth-order valence-electron chi connectivity index (χ4n) is 5.34. The van der Waals surface area contributed by atoms with Crippen LogP contribution in [0.2, 0.25) is 5.02 Å². The number of halogens is 1. The van der Waals surface area contributed by atoms with E-state index in [1.807, 2.05) is 84.7 Å². The summed E-state index contributed by atoms with van der Waals surface area (Å²) in [6.45, 7) is 4.14. The SMILES string of the molecule is CC[C@H](C(=O)N1CCC[C@@](COc2ccc(Cl)cc2)(CC(=O)N(C)Cc2ccccc2)C1)c1ccccc1. The first-order valence-corrected chi connectivity index (χ1v) is 13.8. The molecule has 0 radical (unpaired) electrons. The first-order chi connectivity index (χ1) is 18.4. The summed E-state index contributed by atoms with van der Waals surface area (Å²) in [6, 6.07) is 27.2. The highest BCUT2D eigenvalue weighted by atomic mass is 35.5. The molecular weight excluding hydrogens is 496 g/mol. The van der Waals surface area contributed by atoms with E-state index in [0.29, 0.717) is 43.4 Å². The lowest BCUT2D eigenvalue weighted by Crippen LogP contribution is -2.51. The molecule has 2 amide bonds. The van der Waals surface area contributed by atoms with Crippen LogP contribution in [0.1, 0.15) is 49.7 Å². The van der Waals surface area contributed by atoms with Gasteiger partial charge in [-0.05, 0) is 54.7 Å². The van der Waals surface area contributed by atoms with E-state index in [0.717, 1.165) is 30.4 Å². The number of likely N-dealkylation sites (tertiary alicyclic amines) is 1. The molecule has 0 unspecified atom stereocenters. The van der Waals surface area contributed by atoms with Gasteiger partial charge in [-0.2, -0.15) is 0 Å². The number of nitrogens with zero attached hydrogens (tertiary/aromatic N) is 2. The number of carbonyl (C=O) groups is 2.